The first-order valence-electron chi connectivity index (χ1n) is 10.1. The lowest BCUT2D eigenvalue weighted by molar-refractivity contribution is -0.141. The minimum Gasteiger partial charge on any atom is -0.350 e. The Morgan fingerprint density at radius 3 is 2.19 bits per heavy atom. The third-order valence-electron chi connectivity index (χ3n) is 4.96. The third-order valence-corrected chi connectivity index (χ3v) is 5.55. The van der Waals surface area contributed by atoms with Crippen molar-refractivity contribution >= 4 is 35.0 Å². The van der Waals surface area contributed by atoms with Gasteiger partial charge in [0, 0.05) is 29.6 Å². The van der Waals surface area contributed by atoms with Gasteiger partial charge in [0.05, 0.1) is 0 Å². The normalized spacial score (nSPS) is 11.6. The average Bonchev–Trinajstić information content (AvgIpc) is 2.79. The number of benzene rings is 3. The highest BCUT2D eigenvalue weighted by molar-refractivity contribution is 6.35. The van der Waals surface area contributed by atoms with Crippen LogP contribution in [0.5, 0.6) is 0 Å². The van der Waals surface area contributed by atoms with E-state index in [9.17, 15) is 9.59 Å². The number of nitrogens with zero attached hydrogens (tertiary/aromatic N) is 1. The van der Waals surface area contributed by atoms with Gasteiger partial charge in [-0.2, -0.15) is 0 Å². The Kier molecular flexibility index (Phi) is 8.10. The number of rotatable bonds is 8. The van der Waals surface area contributed by atoms with Gasteiger partial charge >= 0.3 is 0 Å². The van der Waals surface area contributed by atoms with E-state index in [0.717, 1.165) is 16.7 Å². The smallest absolute Gasteiger partial charge is 0.247 e. The molecule has 0 aliphatic rings. The van der Waals surface area contributed by atoms with E-state index in [1.165, 1.54) is 0 Å². The van der Waals surface area contributed by atoms with E-state index >= 15 is 0 Å². The van der Waals surface area contributed by atoms with Gasteiger partial charge in [0.1, 0.15) is 6.04 Å². The Morgan fingerprint density at radius 1 is 0.935 bits per heavy atom. The number of hydrogen-bond donors (Lipinski definition) is 1. The lowest BCUT2D eigenvalue weighted by Gasteiger charge is -2.31. The second kappa shape index (κ2) is 11.0. The van der Waals surface area contributed by atoms with Gasteiger partial charge in [0.25, 0.3) is 0 Å². The van der Waals surface area contributed by atoms with Crippen molar-refractivity contribution in [1.29, 1.82) is 0 Å². The van der Waals surface area contributed by atoms with Crippen LogP contribution in [-0.4, -0.2) is 16.7 Å². The molecule has 0 bridgehead atoms. The summed E-state index contributed by atoms with van der Waals surface area (Å²) in [6.07, 6.45) is 0.298. The number of carbonyl (C=O) groups is 2. The molecule has 3 aromatic carbocycles. The quantitative estimate of drug-likeness (QED) is 0.468. The molecule has 3 aromatic rings. The van der Waals surface area contributed by atoms with Gasteiger partial charge in [0.2, 0.25) is 11.8 Å². The summed E-state index contributed by atoms with van der Waals surface area (Å²) in [5.41, 5.74) is 2.46. The Balaban J connectivity index is 1.90. The molecule has 1 atom stereocenters. The molecule has 160 valence electrons. The number of carbonyl (C=O) groups excluding carboxylic acids is 2. The lowest BCUT2D eigenvalue weighted by atomic mass is 10.0. The molecular formula is C25H24Cl2N2O2. The van der Waals surface area contributed by atoms with Crippen molar-refractivity contribution in [3.63, 3.8) is 0 Å². The average molecular weight is 455 g/mol. The Morgan fingerprint density at radius 2 is 1.58 bits per heavy atom. The SMILES string of the molecule is CCC(=O)N(Cc1ccccc1)[C@@H](C(=O)NCc1ccc(Cl)cc1Cl)c1ccccc1. The van der Waals surface area contributed by atoms with Crippen LogP contribution < -0.4 is 5.32 Å². The fraction of sp³-hybridized carbons (Fsp3) is 0.200. The predicted molar refractivity (Wildman–Crippen MR) is 125 cm³/mol. The van der Waals surface area contributed by atoms with Crippen LogP contribution >= 0.6 is 23.2 Å². The first kappa shape index (κ1) is 22.9. The maximum Gasteiger partial charge on any atom is 0.247 e. The maximum absolute atomic E-state index is 13.4. The summed E-state index contributed by atoms with van der Waals surface area (Å²) < 4.78 is 0. The van der Waals surface area contributed by atoms with E-state index in [0.29, 0.717) is 23.0 Å². The molecule has 0 radical (unpaired) electrons. The van der Waals surface area contributed by atoms with Crippen molar-refractivity contribution in [1.82, 2.24) is 10.2 Å². The molecule has 4 nitrogen and oxygen atoms in total. The summed E-state index contributed by atoms with van der Waals surface area (Å²) in [5.74, 6) is -0.368. The van der Waals surface area contributed by atoms with Gasteiger partial charge in [0.15, 0.2) is 0 Å². The van der Waals surface area contributed by atoms with Crippen LogP contribution in [0.1, 0.15) is 36.1 Å². The summed E-state index contributed by atoms with van der Waals surface area (Å²) in [6.45, 7) is 2.37. The van der Waals surface area contributed by atoms with Crippen molar-refractivity contribution in [2.75, 3.05) is 0 Å². The summed E-state index contributed by atoms with van der Waals surface area (Å²) in [6, 6.07) is 23.4. The topological polar surface area (TPSA) is 49.4 Å². The highest BCUT2D eigenvalue weighted by Gasteiger charge is 2.30. The van der Waals surface area contributed by atoms with Crippen LogP contribution in [0.2, 0.25) is 10.0 Å². The molecule has 0 aliphatic carbocycles. The first-order chi connectivity index (χ1) is 15.0. The van der Waals surface area contributed by atoms with Gasteiger partial charge in [-0.1, -0.05) is 96.9 Å². The van der Waals surface area contributed by atoms with Crippen LogP contribution in [0.15, 0.2) is 78.9 Å². The Hall–Kier alpha value is -2.82. The van der Waals surface area contributed by atoms with Gasteiger partial charge in [-0.05, 0) is 28.8 Å². The Bertz CT molecular complexity index is 1030. The van der Waals surface area contributed by atoms with E-state index in [2.05, 4.69) is 5.32 Å². The van der Waals surface area contributed by atoms with Gasteiger partial charge in [-0.15, -0.1) is 0 Å². The third kappa shape index (κ3) is 6.09. The number of nitrogens with one attached hydrogen (secondary N) is 1. The Labute approximate surface area is 192 Å². The molecule has 0 aromatic heterocycles. The molecule has 2 amide bonds. The van der Waals surface area contributed by atoms with Crippen LogP contribution in [-0.2, 0) is 22.7 Å². The van der Waals surface area contributed by atoms with Crippen LogP contribution in [0.3, 0.4) is 0 Å². The monoisotopic (exact) mass is 454 g/mol. The zero-order valence-electron chi connectivity index (χ0n) is 17.2. The van der Waals surface area contributed by atoms with E-state index < -0.39 is 6.04 Å². The van der Waals surface area contributed by atoms with E-state index in [1.807, 2.05) is 60.7 Å². The predicted octanol–water partition coefficient (Wildman–Crippen LogP) is 5.79. The van der Waals surface area contributed by atoms with Crippen LogP contribution in [0.4, 0.5) is 0 Å². The molecular weight excluding hydrogens is 431 g/mol. The van der Waals surface area contributed by atoms with Gasteiger partial charge in [-0.3, -0.25) is 9.59 Å². The molecule has 0 unspecified atom stereocenters. The zero-order valence-corrected chi connectivity index (χ0v) is 18.7. The minimum atomic E-state index is -0.764. The second-order valence-electron chi connectivity index (χ2n) is 7.13. The second-order valence-corrected chi connectivity index (χ2v) is 7.97. The lowest BCUT2D eigenvalue weighted by Crippen LogP contribution is -2.43. The molecule has 31 heavy (non-hydrogen) atoms. The molecule has 6 heteroatoms. The molecule has 0 spiro atoms. The number of halogens is 2. The van der Waals surface area contributed by atoms with Gasteiger partial charge in [-0.25, -0.2) is 0 Å². The first-order valence-corrected chi connectivity index (χ1v) is 10.8. The molecule has 0 saturated carbocycles. The number of hydrogen-bond acceptors (Lipinski definition) is 2. The molecule has 0 fully saturated rings. The van der Waals surface area contributed by atoms with E-state index in [4.69, 9.17) is 23.2 Å². The summed E-state index contributed by atoms with van der Waals surface area (Å²) in [5, 5.41) is 3.96. The van der Waals surface area contributed by atoms with Gasteiger partial charge < -0.3 is 10.2 Å². The fourth-order valence-electron chi connectivity index (χ4n) is 3.36. The minimum absolute atomic E-state index is 0.0996. The molecule has 3 rings (SSSR count). The molecule has 0 heterocycles. The van der Waals surface area contributed by atoms with Crippen molar-refractivity contribution in [2.24, 2.45) is 0 Å². The highest BCUT2D eigenvalue weighted by atomic mass is 35.5. The summed E-state index contributed by atoms with van der Waals surface area (Å²) >= 11 is 12.2. The zero-order chi connectivity index (χ0) is 22.2. The summed E-state index contributed by atoms with van der Waals surface area (Å²) in [4.78, 5) is 27.9. The van der Waals surface area contributed by atoms with Crippen LogP contribution in [0.25, 0.3) is 0 Å². The molecule has 0 saturated heterocycles. The standard InChI is InChI=1S/C25H24Cl2N2O2/c1-2-23(30)29(17-18-9-5-3-6-10-18)24(19-11-7-4-8-12-19)25(31)28-16-20-13-14-21(26)15-22(20)27/h3-15,24H,2,16-17H2,1H3,(H,28,31)/t24-/m1/s1. The van der Waals surface area contributed by atoms with Crippen molar-refractivity contribution in [3.05, 3.63) is 106 Å². The van der Waals surface area contributed by atoms with Crippen LogP contribution in [0, 0.1) is 0 Å². The summed E-state index contributed by atoms with van der Waals surface area (Å²) in [7, 11) is 0. The maximum atomic E-state index is 13.4. The molecule has 0 aliphatic heterocycles. The van der Waals surface area contributed by atoms with E-state index in [-0.39, 0.29) is 18.4 Å². The molecule has 1 N–H and O–H groups in total. The van der Waals surface area contributed by atoms with Crippen molar-refractivity contribution in [2.45, 2.75) is 32.5 Å². The number of amides is 2. The fourth-order valence-corrected chi connectivity index (χ4v) is 3.83. The largest absolute Gasteiger partial charge is 0.350 e. The van der Waals surface area contributed by atoms with E-state index in [1.54, 1.807) is 30.0 Å². The highest BCUT2D eigenvalue weighted by Crippen LogP contribution is 2.26. The van der Waals surface area contributed by atoms with Crippen molar-refractivity contribution < 1.29 is 9.59 Å². The van der Waals surface area contributed by atoms with Crippen molar-refractivity contribution in [3.8, 4) is 0 Å².